The quantitative estimate of drug-likeness (QED) is 0.820. The van der Waals surface area contributed by atoms with Crippen molar-refractivity contribution in [1.82, 2.24) is 9.80 Å². The smallest absolute Gasteiger partial charge is 0.245 e. The molecule has 0 bridgehead atoms. The number of ether oxygens (including phenoxy) is 1. The lowest BCUT2D eigenvalue weighted by atomic mass is 9.94. The SMILES string of the molecule is CN(CCOc1ccc(F)cc1)C(=O)C1CCCN1C(=O)C(C)(C)C. The van der Waals surface area contributed by atoms with Crippen LogP contribution >= 0.6 is 0 Å². The second kappa shape index (κ2) is 7.85. The first-order valence-electron chi connectivity index (χ1n) is 8.64. The van der Waals surface area contributed by atoms with Gasteiger partial charge in [0.1, 0.15) is 24.2 Å². The van der Waals surface area contributed by atoms with Gasteiger partial charge in [-0.25, -0.2) is 4.39 Å². The largest absolute Gasteiger partial charge is 0.492 e. The van der Waals surface area contributed by atoms with Gasteiger partial charge >= 0.3 is 0 Å². The highest BCUT2D eigenvalue weighted by atomic mass is 19.1. The first-order valence-corrected chi connectivity index (χ1v) is 8.64. The number of carbonyl (C=O) groups excluding carboxylic acids is 2. The molecule has 1 aliphatic heterocycles. The topological polar surface area (TPSA) is 49.9 Å². The molecule has 1 aromatic rings. The lowest BCUT2D eigenvalue weighted by Crippen LogP contribution is -2.50. The summed E-state index contributed by atoms with van der Waals surface area (Å²) in [5.74, 6) is 0.203. The Labute approximate surface area is 148 Å². The van der Waals surface area contributed by atoms with Gasteiger partial charge in [0.2, 0.25) is 11.8 Å². The van der Waals surface area contributed by atoms with Crippen molar-refractivity contribution in [2.45, 2.75) is 39.7 Å². The minimum atomic E-state index is -0.493. The van der Waals surface area contributed by atoms with Crippen molar-refractivity contribution in [2.75, 3.05) is 26.7 Å². The molecule has 0 saturated carbocycles. The second-order valence-corrected chi connectivity index (χ2v) is 7.47. The monoisotopic (exact) mass is 350 g/mol. The molecule has 1 saturated heterocycles. The van der Waals surface area contributed by atoms with E-state index in [0.717, 1.165) is 6.42 Å². The molecule has 1 aliphatic rings. The third-order valence-corrected chi connectivity index (χ3v) is 4.33. The third kappa shape index (κ3) is 4.94. The van der Waals surface area contributed by atoms with Crippen molar-refractivity contribution < 1.29 is 18.7 Å². The highest BCUT2D eigenvalue weighted by molar-refractivity contribution is 5.90. The number of nitrogens with zero attached hydrogens (tertiary/aromatic N) is 2. The Bertz CT molecular complexity index is 610. The number of hydrogen-bond acceptors (Lipinski definition) is 3. The molecule has 0 N–H and O–H groups in total. The van der Waals surface area contributed by atoms with Crippen LogP contribution in [0, 0.1) is 11.2 Å². The van der Waals surface area contributed by atoms with Gasteiger partial charge in [-0.3, -0.25) is 9.59 Å². The van der Waals surface area contributed by atoms with Gasteiger partial charge < -0.3 is 14.5 Å². The van der Waals surface area contributed by atoms with Crippen LogP contribution in [0.4, 0.5) is 4.39 Å². The first kappa shape index (κ1) is 19.2. The summed E-state index contributed by atoms with van der Waals surface area (Å²) < 4.78 is 18.4. The van der Waals surface area contributed by atoms with E-state index in [9.17, 15) is 14.0 Å². The maximum atomic E-state index is 12.9. The molecule has 1 heterocycles. The van der Waals surface area contributed by atoms with E-state index in [1.165, 1.54) is 12.1 Å². The van der Waals surface area contributed by atoms with E-state index in [0.29, 0.717) is 31.9 Å². The Hall–Kier alpha value is -2.11. The maximum absolute atomic E-state index is 12.9. The van der Waals surface area contributed by atoms with Crippen molar-refractivity contribution in [3.05, 3.63) is 30.1 Å². The van der Waals surface area contributed by atoms with Crippen LogP contribution in [0.3, 0.4) is 0 Å². The fourth-order valence-electron chi connectivity index (χ4n) is 2.89. The van der Waals surface area contributed by atoms with Gasteiger partial charge in [0, 0.05) is 19.0 Å². The normalized spacial score (nSPS) is 17.5. The number of benzene rings is 1. The molecule has 1 fully saturated rings. The fraction of sp³-hybridized carbons (Fsp3) is 0.579. The number of likely N-dealkylation sites (N-methyl/N-ethyl adjacent to an activating group) is 1. The molecular weight excluding hydrogens is 323 g/mol. The fourth-order valence-corrected chi connectivity index (χ4v) is 2.89. The Kier molecular flexibility index (Phi) is 6.03. The van der Waals surface area contributed by atoms with Crippen LogP contribution in [0.2, 0.25) is 0 Å². The molecule has 0 aromatic heterocycles. The van der Waals surface area contributed by atoms with Crippen molar-refractivity contribution in [3.63, 3.8) is 0 Å². The van der Waals surface area contributed by atoms with Crippen LogP contribution in [0.25, 0.3) is 0 Å². The number of halogens is 1. The predicted octanol–water partition coefficient (Wildman–Crippen LogP) is 2.70. The van der Waals surface area contributed by atoms with Crippen LogP contribution in [0.5, 0.6) is 5.75 Å². The summed E-state index contributed by atoms with van der Waals surface area (Å²) in [6.07, 6.45) is 1.54. The highest BCUT2D eigenvalue weighted by Crippen LogP contribution is 2.26. The number of likely N-dealkylation sites (tertiary alicyclic amines) is 1. The summed E-state index contributed by atoms with van der Waals surface area (Å²) in [7, 11) is 1.72. The lowest BCUT2D eigenvalue weighted by Gasteiger charge is -2.32. The molecule has 0 radical (unpaired) electrons. The van der Waals surface area contributed by atoms with Crippen LogP contribution in [-0.2, 0) is 9.59 Å². The maximum Gasteiger partial charge on any atom is 0.245 e. The number of amides is 2. The van der Waals surface area contributed by atoms with E-state index in [2.05, 4.69) is 0 Å². The molecule has 6 heteroatoms. The Morgan fingerprint density at radius 2 is 1.92 bits per heavy atom. The van der Waals surface area contributed by atoms with E-state index < -0.39 is 5.41 Å². The van der Waals surface area contributed by atoms with Crippen LogP contribution in [0.1, 0.15) is 33.6 Å². The molecule has 138 valence electrons. The van der Waals surface area contributed by atoms with E-state index in [1.54, 1.807) is 29.0 Å². The van der Waals surface area contributed by atoms with E-state index >= 15 is 0 Å². The summed E-state index contributed by atoms with van der Waals surface area (Å²) in [5, 5.41) is 0. The van der Waals surface area contributed by atoms with Crippen molar-refractivity contribution in [1.29, 1.82) is 0 Å². The van der Waals surface area contributed by atoms with Crippen LogP contribution in [-0.4, -0.2) is 54.4 Å². The number of hydrogen-bond donors (Lipinski definition) is 0. The zero-order valence-electron chi connectivity index (χ0n) is 15.4. The molecule has 2 rings (SSSR count). The summed E-state index contributed by atoms with van der Waals surface area (Å²) in [6, 6.07) is 5.38. The summed E-state index contributed by atoms with van der Waals surface area (Å²) in [6.45, 7) is 6.96. The van der Waals surface area contributed by atoms with Crippen LogP contribution in [0.15, 0.2) is 24.3 Å². The third-order valence-electron chi connectivity index (χ3n) is 4.33. The van der Waals surface area contributed by atoms with Gasteiger partial charge in [-0.2, -0.15) is 0 Å². The standard InChI is InChI=1S/C19H27FN2O3/c1-19(2,3)18(24)22-11-5-6-16(22)17(23)21(4)12-13-25-15-9-7-14(20)8-10-15/h7-10,16H,5-6,11-13H2,1-4H3. The zero-order chi connectivity index (χ0) is 18.6. The van der Waals surface area contributed by atoms with Gasteiger partial charge in [-0.1, -0.05) is 20.8 Å². The average molecular weight is 350 g/mol. The second-order valence-electron chi connectivity index (χ2n) is 7.47. The van der Waals surface area contributed by atoms with Gasteiger partial charge in [0.15, 0.2) is 0 Å². The summed E-state index contributed by atoms with van der Waals surface area (Å²) >= 11 is 0. The average Bonchev–Trinajstić information content (AvgIpc) is 3.03. The molecule has 2 amide bonds. The molecule has 1 atom stereocenters. The van der Waals surface area contributed by atoms with Gasteiger partial charge in [-0.15, -0.1) is 0 Å². The molecule has 1 aromatic carbocycles. The van der Waals surface area contributed by atoms with Gasteiger partial charge in [-0.05, 0) is 37.1 Å². The van der Waals surface area contributed by atoms with E-state index in [1.807, 2.05) is 20.8 Å². The lowest BCUT2D eigenvalue weighted by molar-refractivity contribution is -0.147. The first-order chi connectivity index (χ1) is 11.7. The van der Waals surface area contributed by atoms with Crippen molar-refractivity contribution in [3.8, 4) is 5.75 Å². The van der Waals surface area contributed by atoms with E-state index in [-0.39, 0.29) is 23.7 Å². The van der Waals surface area contributed by atoms with Gasteiger partial charge in [0.25, 0.3) is 0 Å². The summed E-state index contributed by atoms with van der Waals surface area (Å²) in [5.41, 5.74) is -0.493. The number of rotatable bonds is 5. The molecule has 1 unspecified atom stereocenters. The van der Waals surface area contributed by atoms with E-state index in [4.69, 9.17) is 4.74 Å². The van der Waals surface area contributed by atoms with Crippen LogP contribution < -0.4 is 4.74 Å². The Morgan fingerprint density at radius 1 is 1.28 bits per heavy atom. The van der Waals surface area contributed by atoms with Gasteiger partial charge in [0.05, 0.1) is 6.54 Å². The van der Waals surface area contributed by atoms with Crippen molar-refractivity contribution in [2.24, 2.45) is 5.41 Å². The minimum absolute atomic E-state index is 0.0133. The number of carbonyl (C=O) groups is 2. The highest BCUT2D eigenvalue weighted by Gasteiger charge is 2.39. The zero-order valence-corrected chi connectivity index (χ0v) is 15.4. The molecule has 25 heavy (non-hydrogen) atoms. The molecule has 5 nitrogen and oxygen atoms in total. The molecule has 0 spiro atoms. The predicted molar refractivity (Wildman–Crippen MR) is 93.7 cm³/mol. The summed E-state index contributed by atoms with van der Waals surface area (Å²) in [4.78, 5) is 28.5. The van der Waals surface area contributed by atoms with Crippen molar-refractivity contribution >= 4 is 11.8 Å². The molecular formula is C19H27FN2O3. The molecule has 0 aliphatic carbocycles. The Balaban J connectivity index is 1.88. The Morgan fingerprint density at radius 3 is 2.52 bits per heavy atom. The minimum Gasteiger partial charge on any atom is -0.492 e.